The standard InChI is InChI=1S/C25H24ClN3O2/c26-22-8-6-18(7-9-22)17-28-24(30)20-11-14-29(15-12-20)25(31)21-10-13-27-23(16-21)19-4-2-1-3-5-19/h1-10,13,16,20H,11-12,14-15,17H2,(H,28,30). The Kier molecular flexibility index (Phi) is 6.63. The number of piperidine rings is 1. The number of amides is 2. The van der Waals surface area contributed by atoms with E-state index in [2.05, 4.69) is 10.3 Å². The van der Waals surface area contributed by atoms with E-state index in [1.54, 1.807) is 12.3 Å². The zero-order chi connectivity index (χ0) is 21.6. The molecular formula is C25H24ClN3O2. The first-order valence-electron chi connectivity index (χ1n) is 10.4. The molecule has 1 aromatic heterocycles. The number of pyridine rings is 1. The zero-order valence-corrected chi connectivity index (χ0v) is 17.9. The van der Waals surface area contributed by atoms with Gasteiger partial charge in [-0.15, -0.1) is 0 Å². The molecule has 0 saturated carbocycles. The molecule has 0 unspecified atom stereocenters. The van der Waals surface area contributed by atoms with E-state index in [-0.39, 0.29) is 17.7 Å². The van der Waals surface area contributed by atoms with Gasteiger partial charge in [-0.2, -0.15) is 0 Å². The fraction of sp³-hybridized carbons (Fsp3) is 0.240. The first-order chi connectivity index (χ1) is 15.1. The van der Waals surface area contributed by atoms with Crippen LogP contribution in [-0.4, -0.2) is 34.8 Å². The van der Waals surface area contributed by atoms with E-state index in [0.29, 0.717) is 43.1 Å². The van der Waals surface area contributed by atoms with Gasteiger partial charge in [0.1, 0.15) is 0 Å². The first-order valence-corrected chi connectivity index (χ1v) is 10.8. The molecule has 5 nitrogen and oxygen atoms in total. The monoisotopic (exact) mass is 433 g/mol. The van der Waals surface area contributed by atoms with Crippen LogP contribution in [0.15, 0.2) is 72.9 Å². The number of likely N-dealkylation sites (tertiary alicyclic amines) is 1. The molecule has 2 heterocycles. The highest BCUT2D eigenvalue weighted by atomic mass is 35.5. The lowest BCUT2D eigenvalue weighted by atomic mass is 9.95. The minimum atomic E-state index is -0.0753. The van der Waals surface area contributed by atoms with E-state index in [9.17, 15) is 9.59 Å². The second kappa shape index (κ2) is 9.75. The predicted octanol–water partition coefficient (Wildman–Crippen LogP) is 4.57. The SMILES string of the molecule is O=C(NCc1ccc(Cl)cc1)C1CCN(C(=O)c2ccnc(-c3ccccc3)c2)CC1. The van der Waals surface area contributed by atoms with Gasteiger partial charge in [0.15, 0.2) is 0 Å². The summed E-state index contributed by atoms with van der Waals surface area (Å²) < 4.78 is 0. The molecule has 1 fully saturated rings. The van der Waals surface area contributed by atoms with Gasteiger partial charge in [-0.3, -0.25) is 14.6 Å². The van der Waals surface area contributed by atoms with Gasteiger partial charge >= 0.3 is 0 Å². The number of aromatic nitrogens is 1. The van der Waals surface area contributed by atoms with E-state index < -0.39 is 0 Å². The lowest BCUT2D eigenvalue weighted by Gasteiger charge is -2.31. The van der Waals surface area contributed by atoms with Gasteiger partial charge in [0.25, 0.3) is 5.91 Å². The van der Waals surface area contributed by atoms with Crippen LogP contribution in [0.1, 0.15) is 28.8 Å². The van der Waals surface area contributed by atoms with Crippen LogP contribution in [0.3, 0.4) is 0 Å². The fourth-order valence-corrected chi connectivity index (χ4v) is 3.92. The number of carbonyl (C=O) groups excluding carboxylic acids is 2. The Balaban J connectivity index is 1.31. The minimum absolute atomic E-state index is 0.0143. The Labute approximate surface area is 187 Å². The van der Waals surface area contributed by atoms with Crippen molar-refractivity contribution in [3.63, 3.8) is 0 Å². The van der Waals surface area contributed by atoms with Crippen LogP contribution in [0.2, 0.25) is 5.02 Å². The molecule has 0 atom stereocenters. The molecule has 1 N–H and O–H groups in total. The van der Waals surface area contributed by atoms with Crippen LogP contribution in [0.5, 0.6) is 0 Å². The Morgan fingerprint density at radius 3 is 2.42 bits per heavy atom. The van der Waals surface area contributed by atoms with Crippen molar-refractivity contribution >= 4 is 23.4 Å². The van der Waals surface area contributed by atoms with Crippen LogP contribution in [-0.2, 0) is 11.3 Å². The van der Waals surface area contributed by atoms with Crippen molar-refractivity contribution in [1.29, 1.82) is 0 Å². The second-order valence-corrected chi connectivity index (χ2v) is 8.14. The molecule has 4 rings (SSSR count). The molecule has 2 aromatic carbocycles. The van der Waals surface area contributed by atoms with E-state index >= 15 is 0 Å². The Morgan fingerprint density at radius 1 is 1.00 bits per heavy atom. The summed E-state index contributed by atoms with van der Waals surface area (Å²) in [5.74, 6) is -0.0504. The summed E-state index contributed by atoms with van der Waals surface area (Å²) in [6.45, 7) is 1.62. The van der Waals surface area contributed by atoms with Gasteiger partial charge in [-0.25, -0.2) is 0 Å². The quantitative estimate of drug-likeness (QED) is 0.641. The largest absolute Gasteiger partial charge is 0.352 e. The molecule has 3 aromatic rings. The number of halogens is 1. The third-order valence-corrected chi connectivity index (χ3v) is 5.86. The van der Waals surface area contributed by atoms with E-state index in [1.165, 1.54) is 0 Å². The van der Waals surface area contributed by atoms with Gasteiger partial charge in [0, 0.05) is 47.9 Å². The second-order valence-electron chi connectivity index (χ2n) is 7.71. The lowest BCUT2D eigenvalue weighted by Crippen LogP contribution is -2.42. The number of nitrogens with zero attached hydrogens (tertiary/aromatic N) is 2. The summed E-state index contributed by atoms with van der Waals surface area (Å²) in [6, 6.07) is 20.8. The molecule has 31 heavy (non-hydrogen) atoms. The van der Waals surface area contributed by atoms with Crippen LogP contribution in [0.25, 0.3) is 11.3 Å². The number of hydrogen-bond donors (Lipinski definition) is 1. The maximum atomic E-state index is 13.0. The number of hydrogen-bond acceptors (Lipinski definition) is 3. The average Bonchev–Trinajstić information content (AvgIpc) is 2.84. The van der Waals surface area contributed by atoms with Gasteiger partial charge < -0.3 is 10.2 Å². The molecule has 1 aliphatic rings. The number of benzene rings is 2. The van der Waals surface area contributed by atoms with Crippen molar-refractivity contribution in [2.45, 2.75) is 19.4 Å². The van der Waals surface area contributed by atoms with Gasteiger partial charge in [0.05, 0.1) is 5.69 Å². The number of carbonyl (C=O) groups is 2. The summed E-state index contributed by atoms with van der Waals surface area (Å²) in [7, 11) is 0. The van der Waals surface area contributed by atoms with Gasteiger partial charge in [0.2, 0.25) is 5.91 Å². The Bertz CT molecular complexity index is 1050. The maximum Gasteiger partial charge on any atom is 0.253 e. The topological polar surface area (TPSA) is 62.3 Å². The summed E-state index contributed by atoms with van der Waals surface area (Å²) in [5.41, 5.74) is 3.40. The van der Waals surface area contributed by atoms with E-state index in [0.717, 1.165) is 16.8 Å². The van der Waals surface area contributed by atoms with Crippen molar-refractivity contribution in [1.82, 2.24) is 15.2 Å². The highest BCUT2D eigenvalue weighted by Crippen LogP contribution is 2.22. The van der Waals surface area contributed by atoms with Gasteiger partial charge in [-0.05, 0) is 42.7 Å². The average molecular weight is 434 g/mol. The van der Waals surface area contributed by atoms with Crippen molar-refractivity contribution in [2.75, 3.05) is 13.1 Å². The zero-order valence-electron chi connectivity index (χ0n) is 17.1. The van der Waals surface area contributed by atoms with Crippen molar-refractivity contribution in [2.24, 2.45) is 5.92 Å². The normalized spacial score (nSPS) is 14.3. The third-order valence-electron chi connectivity index (χ3n) is 5.61. The van der Waals surface area contributed by atoms with Crippen LogP contribution in [0.4, 0.5) is 0 Å². The van der Waals surface area contributed by atoms with E-state index in [4.69, 9.17) is 11.6 Å². The molecule has 1 saturated heterocycles. The summed E-state index contributed by atoms with van der Waals surface area (Å²) >= 11 is 5.90. The Morgan fingerprint density at radius 2 is 1.71 bits per heavy atom. The smallest absolute Gasteiger partial charge is 0.253 e. The summed E-state index contributed by atoms with van der Waals surface area (Å²) in [4.78, 5) is 31.7. The molecule has 0 aliphatic carbocycles. The molecule has 1 aliphatic heterocycles. The summed E-state index contributed by atoms with van der Waals surface area (Å²) in [5, 5.41) is 3.67. The van der Waals surface area contributed by atoms with Gasteiger partial charge in [-0.1, -0.05) is 54.1 Å². The molecule has 2 amide bonds. The lowest BCUT2D eigenvalue weighted by molar-refractivity contribution is -0.126. The van der Waals surface area contributed by atoms with Crippen molar-refractivity contribution in [3.8, 4) is 11.3 Å². The maximum absolute atomic E-state index is 13.0. The van der Waals surface area contributed by atoms with Crippen molar-refractivity contribution < 1.29 is 9.59 Å². The van der Waals surface area contributed by atoms with Crippen LogP contribution >= 0.6 is 11.6 Å². The van der Waals surface area contributed by atoms with Crippen molar-refractivity contribution in [3.05, 3.63) is 89.1 Å². The number of nitrogens with one attached hydrogen (secondary N) is 1. The first kappa shape index (κ1) is 21.1. The summed E-state index contributed by atoms with van der Waals surface area (Å²) in [6.07, 6.45) is 3.00. The minimum Gasteiger partial charge on any atom is -0.352 e. The highest BCUT2D eigenvalue weighted by Gasteiger charge is 2.27. The van der Waals surface area contributed by atoms with E-state index in [1.807, 2.05) is 65.6 Å². The number of rotatable bonds is 5. The molecule has 0 bridgehead atoms. The molecular weight excluding hydrogens is 410 g/mol. The third kappa shape index (κ3) is 5.30. The Hall–Kier alpha value is -3.18. The molecule has 0 spiro atoms. The fourth-order valence-electron chi connectivity index (χ4n) is 3.79. The predicted molar refractivity (Wildman–Crippen MR) is 122 cm³/mol. The highest BCUT2D eigenvalue weighted by molar-refractivity contribution is 6.30. The molecule has 0 radical (unpaired) electrons. The molecule has 158 valence electrons. The van der Waals surface area contributed by atoms with Crippen LogP contribution < -0.4 is 5.32 Å². The molecule has 6 heteroatoms. The van der Waals surface area contributed by atoms with Crippen LogP contribution in [0, 0.1) is 5.92 Å².